The van der Waals surface area contributed by atoms with Crippen LogP contribution >= 0.6 is 0 Å². The minimum absolute atomic E-state index is 0.515. The molecule has 4 aromatic heterocycles. The molecule has 0 radical (unpaired) electrons. The first-order chi connectivity index (χ1) is 11.7. The van der Waals surface area contributed by atoms with Crippen molar-refractivity contribution in [1.82, 2.24) is 19.9 Å². The monoisotopic (exact) mass is 318 g/mol. The van der Waals surface area contributed by atoms with Crippen LogP contribution in [-0.2, 0) is 0 Å². The average Bonchev–Trinajstić information content (AvgIpc) is 3.09. The lowest BCUT2D eigenvalue weighted by atomic mass is 10.0. The van der Waals surface area contributed by atoms with Gasteiger partial charge in [0.05, 0.1) is 17.3 Å². The Bertz CT molecular complexity index is 1040. The first kappa shape index (κ1) is 14.8. The molecule has 5 heteroatoms. The zero-order valence-corrected chi connectivity index (χ0v) is 13.6. The Morgan fingerprint density at radius 3 is 2.79 bits per heavy atom. The van der Waals surface area contributed by atoms with Crippen molar-refractivity contribution in [1.29, 1.82) is 0 Å². The molecule has 2 N–H and O–H groups in total. The number of aliphatic hydroxyl groups excluding tert-OH is 1. The Kier molecular flexibility index (Phi) is 3.50. The van der Waals surface area contributed by atoms with Gasteiger partial charge in [-0.05, 0) is 37.1 Å². The number of aromatic nitrogens is 4. The third-order valence-corrected chi connectivity index (χ3v) is 4.40. The molecule has 1 atom stereocenters. The van der Waals surface area contributed by atoms with Crippen LogP contribution < -0.4 is 0 Å². The van der Waals surface area contributed by atoms with Crippen molar-refractivity contribution in [3.63, 3.8) is 0 Å². The lowest BCUT2D eigenvalue weighted by molar-refractivity contribution is 0.169. The first-order valence-corrected chi connectivity index (χ1v) is 8.04. The van der Waals surface area contributed by atoms with E-state index in [0.29, 0.717) is 12.1 Å². The SMILES string of the molecule is CCC(O)c1cc(C)c(-c2cnc3c(cnc4[nH]ccc43)c2)cn1. The van der Waals surface area contributed by atoms with Gasteiger partial charge in [-0.25, -0.2) is 4.98 Å². The number of fused-ring (bicyclic) bond motifs is 3. The first-order valence-electron chi connectivity index (χ1n) is 8.04. The quantitative estimate of drug-likeness (QED) is 0.600. The van der Waals surface area contributed by atoms with Gasteiger partial charge in [-0.2, -0.15) is 0 Å². The van der Waals surface area contributed by atoms with E-state index >= 15 is 0 Å². The van der Waals surface area contributed by atoms with E-state index in [-0.39, 0.29) is 0 Å². The van der Waals surface area contributed by atoms with Gasteiger partial charge in [0.2, 0.25) is 0 Å². The molecule has 0 aliphatic heterocycles. The number of nitrogens with one attached hydrogen (secondary N) is 1. The molecule has 1 unspecified atom stereocenters. The van der Waals surface area contributed by atoms with Crippen molar-refractivity contribution in [2.75, 3.05) is 0 Å². The van der Waals surface area contributed by atoms with Crippen molar-refractivity contribution >= 4 is 21.9 Å². The van der Waals surface area contributed by atoms with Gasteiger partial charge < -0.3 is 10.1 Å². The van der Waals surface area contributed by atoms with E-state index in [1.807, 2.05) is 50.8 Å². The van der Waals surface area contributed by atoms with Crippen molar-refractivity contribution in [2.24, 2.45) is 0 Å². The number of hydrogen-bond donors (Lipinski definition) is 2. The maximum atomic E-state index is 9.95. The highest BCUT2D eigenvalue weighted by Gasteiger charge is 2.11. The van der Waals surface area contributed by atoms with Gasteiger partial charge in [-0.15, -0.1) is 0 Å². The molecular weight excluding hydrogens is 300 g/mol. The summed E-state index contributed by atoms with van der Waals surface area (Å²) < 4.78 is 0. The summed E-state index contributed by atoms with van der Waals surface area (Å²) in [5.74, 6) is 0. The highest BCUT2D eigenvalue weighted by molar-refractivity contribution is 6.02. The molecule has 0 aliphatic rings. The average molecular weight is 318 g/mol. The number of aliphatic hydroxyl groups is 1. The van der Waals surface area contributed by atoms with E-state index in [0.717, 1.165) is 38.6 Å². The predicted molar refractivity (Wildman–Crippen MR) is 94.6 cm³/mol. The van der Waals surface area contributed by atoms with Crippen molar-refractivity contribution in [3.8, 4) is 11.1 Å². The summed E-state index contributed by atoms with van der Waals surface area (Å²) in [6.07, 6.45) is 7.53. The zero-order chi connectivity index (χ0) is 16.7. The largest absolute Gasteiger partial charge is 0.387 e. The third-order valence-electron chi connectivity index (χ3n) is 4.40. The van der Waals surface area contributed by atoms with Crippen molar-refractivity contribution in [2.45, 2.75) is 26.4 Å². The van der Waals surface area contributed by atoms with E-state index in [4.69, 9.17) is 0 Å². The van der Waals surface area contributed by atoms with Crippen LogP contribution in [-0.4, -0.2) is 25.0 Å². The van der Waals surface area contributed by atoms with E-state index in [9.17, 15) is 5.11 Å². The minimum Gasteiger partial charge on any atom is -0.387 e. The van der Waals surface area contributed by atoms with Gasteiger partial charge in [0.15, 0.2) is 0 Å². The molecule has 0 spiro atoms. The van der Waals surface area contributed by atoms with Gasteiger partial charge in [-0.3, -0.25) is 9.97 Å². The summed E-state index contributed by atoms with van der Waals surface area (Å²) >= 11 is 0. The number of aryl methyl sites for hydroxylation is 1. The summed E-state index contributed by atoms with van der Waals surface area (Å²) in [7, 11) is 0. The number of aromatic amines is 1. The molecule has 24 heavy (non-hydrogen) atoms. The highest BCUT2D eigenvalue weighted by Crippen LogP contribution is 2.29. The molecule has 0 bridgehead atoms. The van der Waals surface area contributed by atoms with Crippen molar-refractivity contribution < 1.29 is 5.11 Å². The Morgan fingerprint density at radius 1 is 1.12 bits per heavy atom. The standard InChI is InChI=1S/C19H18N4O/c1-3-17(24)16-6-11(2)15(10-21-16)12-7-13-9-23-19-14(4-5-20-19)18(13)22-8-12/h4-10,17,24H,3H2,1-2H3,(H,20,23). The van der Waals surface area contributed by atoms with Gasteiger partial charge >= 0.3 is 0 Å². The topological polar surface area (TPSA) is 74.7 Å². The van der Waals surface area contributed by atoms with E-state index in [1.54, 1.807) is 0 Å². The second-order valence-corrected chi connectivity index (χ2v) is 6.01. The van der Waals surface area contributed by atoms with Crippen LogP contribution in [0.25, 0.3) is 33.1 Å². The summed E-state index contributed by atoms with van der Waals surface area (Å²) in [6, 6.07) is 6.02. The zero-order valence-electron chi connectivity index (χ0n) is 13.6. The lowest BCUT2D eigenvalue weighted by Crippen LogP contribution is -2.00. The van der Waals surface area contributed by atoms with Gasteiger partial charge in [0, 0.05) is 46.7 Å². The predicted octanol–water partition coefficient (Wildman–Crippen LogP) is 3.92. The highest BCUT2D eigenvalue weighted by atomic mass is 16.3. The van der Waals surface area contributed by atoms with Crippen LogP contribution in [0, 0.1) is 6.92 Å². The van der Waals surface area contributed by atoms with E-state index in [2.05, 4.69) is 26.0 Å². The van der Waals surface area contributed by atoms with Gasteiger partial charge in [0.25, 0.3) is 0 Å². The molecule has 4 heterocycles. The van der Waals surface area contributed by atoms with Crippen LogP contribution in [0.1, 0.15) is 30.7 Å². The smallest absolute Gasteiger partial charge is 0.139 e. The number of hydrogen-bond acceptors (Lipinski definition) is 4. The van der Waals surface area contributed by atoms with E-state index < -0.39 is 6.10 Å². The van der Waals surface area contributed by atoms with Crippen LogP contribution in [0.4, 0.5) is 0 Å². The number of rotatable bonds is 3. The van der Waals surface area contributed by atoms with Crippen LogP contribution in [0.5, 0.6) is 0 Å². The Morgan fingerprint density at radius 2 is 2.00 bits per heavy atom. The lowest BCUT2D eigenvalue weighted by Gasteiger charge is -2.11. The summed E-state index contributed by atoms with van der Waals surface area (Å²) in [6.45, 7) is 3.97. The fourth-order valence-corrected chi connectivity index (χ4v) is 3.02. The molecule has 0 aliphatic carbocycles. The fourth-order valence-electron chi connectivity index (χ4n) is 3.02. The molecule has 0 fully saturated rings. The molecule has 0 saturated carbocycles. The van der Waals surface area contributed by atoms with Gasteiger partial charge in [-0.1, -0.05) is 6.92 Å². The normalized spacial score (nSPS) is 12.8. The van der Waals surface area contributed by atoms with Crippen LogP contribution in [0.3, 0.4) is 0 Å². The maximum absolute atomic E-state index is 9.95. The molecule has 4 aromatic rings. The van der Waals surface area contributed by atoms with E-state index in [1.165, 1.54) is 0 Å². The Balaban J connectivity index is 1.83. The fraction of sp³-hybridized carbons (Fsp3) is 0.211. The molecule has 120 valence electrons. The number of nitrogens with zero attached hydrogens (tertiary/aromatic N) is 3. The Labute approximate surface area is 139 Å². The Hall–Kier alpha value is -2.79. The maximum Gasteiger partial charge on any atom is 0.139 e. The summed E-state index contributed by atoms with van der Waals surface area (Å²) in [4.78, 5) is 16.6. The van der Waals surface area contributed by atoms with Gasteiger partial charge in [0.1, 0.15) is 5.65 Å². The second kappa shape index (κ2) is 5.69. The second-order valence-electron chi connectivity index (χ2n) is 6.01. The molecule has 4 rings (SSSR count). The van der Waals surface area contributed by atoms with Crippen LogP contribution in [0.2, 0.25) is 0 Å². The number of H-pyrrole nitrogens is 1. The summed E-state index contributed by atoms with van der Waals surface area (Å²) in [5.41, 5.74) is 5.59. The van der Waals surface area contributed by atoms with Crippen molar-refractivity contribution in [3.05, 3.63) is 54.2 Å². The molecule has 0 aromatic carbocycles. The number of pyridine rings is 3. The summed E-state index contributed by atoms with van der Waals surface area (Å²) in [5, 5.41) is 12.0. The van der Waals surface area contributed by atoms with Crippen LogP contribution in [0.15, 0.2) is 43.0 Å². The molecule has 5 nitrogen and oxygen atoms in total. The molecule has 0 saturated heterocycles. The minimum atomic E-state index is -0.515. The molecular formula is C19H18N4O. The molecule has 0 amide bonds. The third kappa shape index (κ3) is 2.34.